The maximum Gasteiger partial charge on any atom is 0.0860 e. The third-order valence-corrected chi connectivity index (χ3v) is 1.84. The molecule has 0 saturated heterocycles. The molecule has 0 unspecified atom stereocenters. The van der Waals surface area contributed by atoms with Gasteiger partial charge in [0.05, 0.1) is 11.4 Å². The molecular weight excluding hydrogens is 186 g/mol. The van der Waals surface area contributed by atoms with Crippen LogP contribution in [0.4, 0.5) is 11.4 Å². The topological polar surface area (TPSA) is 48.2 Å². The van der Waals surface area contributed by atoms with Crippen LogP contribution in [0.1, 0.15) is 13.8 Å². The molecule has 0 bridgehead atoms. The first-order valence-electron chi connectivity index (χ1n) is 4.80. The molecule has 2 N–H and O–H groups in total. The number of allylic oxidation sites excluding steroid dienone is 2. The van der Waals surface area contributed by atoms with Gasteiger partial charge in [0.2, 0.25) is 0 Å². The van der Waals surface area contributed by atoms with Crippen LogP contribution in [-0.4, -0.2) is 12.4 Å². The Morgan fingerprint density at radius 1 is 1.40 bits per heavy atom. The van der Waals surface area contributed by atoms with Crippen LogP contribution in [0.3, 0.4) is 0 Å². The highest BCUT2D eigenvalue weighted by molar-refractivity contribution is 5.75. The van der Waals surface area contributed by atoms with E-state index in [1.165, 1.54) is 6.21 Å². The van der Waals surface area contributed by atoms with E-state index in [1.807, 2.05) is 38.1 Å². The third-order valence-electron chi connectivity index (χ3n) is 1.84. The molecule has 15 heavy (non-hydrogen) atoms. The highest BCUT2D eigenvalue weighted by Gasteiger charge is 1.98. The van der Waals surface area contributed by atoms with Gasteiger partial charge in [0.15, 0.2) is 0 Å². The van der Waals surface area contributed by atoms with Crippen molar-refractivity contribution >= 4 is 23.8 Å². The van der Waals surface area contributed by atoms with Crippen molar-refractivity contribution in [3.63, 3.8) is 0 Å². The number of nitrogens with one attached hydrogen (secondary N) is 2. The molecule has 0 heterocycles. The molecule has 0 aliphatic heterocycles. The van der Waals surface area contributed by atoms with Gasteiger partial charge in [-0.2, -0.15) is 0 Å². The van der Waals surface area contributed by atoms with E-state index in [0.717, 1.165) is 17.1 Å². The molecule has 0 saturated carbocycles. The summed E-state index contributed by atoms with van der Waals surface area (Å²) in [6.07, 6.45) is 4.72. The van der Waals surface area contributed by atoms with E-state index in [2.05, 4.69) is 10.3 Å². The second-order valence-electron chi connectivity index (χ2n) is 3.05. The number of nitrogens with zero attached hydrogens (tertiary/aromatic N) is 1. The molecule has 0 radical (unpaired) electrons. The fraction of sp³-hybridized carbons (Fsp3) is 0.167. The lowest BCUT2D eigenvalue weighted by Crippen LogP contribution is -1.95. The first-order chi connectivity index (χ1) is 7.27. The molecule has 0 aliphatic carbocycles. The van der Waals surface area contributed by atoms with Crippen LogP contribution in [0.25, 0.3) is 0 Å². The summed E-state index contributed by atoms with van der Waals surface area (Å²) in [6.45, 7) is 3.80. The highest BCUT2D eigenvalue weighted by Crippen LogP contribution is 2.24. The van der Waals surface area contributed by atoms with Gasteiger partial charge in [-0.25, -0.2) is 0 Å². The van der Waals surface area contributed by atoms with E-state index >= 15 is 0 Å². The number of rotatable bonds is 4. The minimum atomic E-state index is 0.901. The van der Waals surface area contributed by atoms with Gasteiger partial charge in [0, 0.05) is 18.1 Å². The lowest BCUT2D eigenvalue weighted by Gasteiger charge is -2.08. The number of anilines is 1. The second-order valence-corrected chi connectivity index (χ2v) is 3.05. The Morgan fingerprint density at radius 2 is 2.13 bits per heavy atom. The zero-order valence-electron chi connectivity index (χ0n) is 8.99. The summed E-state index contributed by atoms with van der Waals surface area (Å²) >= 11 is 0. The van der Waals surface area contributed by atoms with Crippen molar-refractivity contribution in [2.45, 2.75) is 13.8 Å². The Kier molecular flexibility index (Phi) is 4.29. The van der Waals surface area contributed by atoms with Gasteiger partial charge in [-0.1, -0.05) is 12.1 Å². The van der Waals surface area contributed by atoms with E-state index in [9.17, 15) is 0 Å². The van der Waals surface area contributed by atoms with E-state index in [-0.39, 0.29) is 0 Å². The fourth-order valence-electron chi connectivity index (χ4n) is 1.21. The second kappa shape index (κ2) is 5.75. The van der Waals surface area contributed by atoms with E-state index in [0.29, 0.717) is 0 Å². The zero-order chi connectivity index (χ0) is 11.1. The smallest absolute Gasteiger partial charge is 0.0860 e. The van der Waals surface area contributed by atoms with Crippen molar-refractivity contribution in [1.29, 1.82) is 5.41 Å². The van der Waals surface area contributed by atoms with Crippen molar-refractivity contribution in [2.24, 2.45) is 4.99 Å². The monoisotopic (exact) mass is 201 g/mol. The third kappa shape index (κ3) is 3.38. The molecule has 0 spiro atoms. The maximum atomic E-state index is 6.96. The van der Waals surface area contributed by atoms with E-state index in [4.69, 9.17) is 5.41 Å². The molecule has 1 rings (SSSR count). The predicted octanol–water partition coefficient (Wildman–Crippen LogP) is 3.37. The lowest BCUT2D eigenvalue weighted by molar-refractivity contribution is 1.37. The summed E-state index contributed by atoms with van der Waals surface area (Å²) in [5, 5.41) is 10.2. The number of hydrogen-bond acceptors (Lipinski definition) is 3. The molecule has 0 fully saturated rings. The standard InChI is InChI=1S/C12H15N3/c1-3-14-11-6-4-5-7-12(11)15-10(2)8-9-13/h3-9,13,15H,1-2H3/b10-8+,13-9?,14-3-. The van der Waals surface area contributed by atoms with Crippen molar-refractivity contribution in [3.05, 3.63) is 36.0 Å². The number of benzene rings is 1. The minimum absolute atomic E-state index is 0.901. The molecular formula is C12H15N3. The van der Waals surface area contributed by atoms with Crippen LogP contribution in [0.5, 0.6) is 0 Å². The quantitative estimate of drug-likeness (QED) is 0.721. The SMILES string of the molecule is C/C=N\c1ccccc1N/C(C)=C/C=N. The Hall–Kier alpha value is -1.90. The van der Waals surface area contributed by atoms with E-state index in [1.54, 1.807) is 12.3 Å². The first kappa shape index (κ1) is 11.2. The van der Waals surface area contributed by atoms with Crippen molar-refractivity contribution < 1.29 is 0 Å². The number of hydrogen-bond donors (Lipinski definition) is 2. The van der Waals surface area contributed by atoms with Crippen LogP contribution in [0.15, 0.2) is 41.0 Å². The molecule has 0 aliphatic rings. The van der Waals surface area contributed by atoms with Gasteiger partial charge in [-0.15, -0.1) is 0 Å². The summed E-state index contributed by atoms with van der Waals surface area (Å²) < 4.78 is 0. The fourth-order valence-corrected chi connectivity index (χ4v) is 1.21. The first-order valence-corrected chi connectivity index (χ1v) is 4.80. The highest BCUT2D eigenvalue weighted by atomic mass is 14.9. The lowest BCUT2D eigenvalue weighted by atomic mass is 10.2. The molecule has 0 aromatic heterocycles. The van der Waals surface area contributed by atoms with Crippen LogP contribution in [0.2, 0.25) is 0 Å². The van der Waals surface area contributed by atoms with Crippen LogP contribution in [-0.2, 0) is 0 Å². The maximum absolute atomic E-state index is 6.96. The Balaban J connectivity index is 2.93. The molecule has 1 aromatic rings. The summed E-state index contributed by atoms with van der Waals surface area (Å²) in [7, 11) is 0. The van der Waals surface area contributed by atoms with Gasteiger partial charge < -0.3 is 10.7 Å². The largest absolute Gasteiger partial charge is 0.357 e. The van der Waals surface area contributed by atoms with Crippen LogP contribution in [0, 0.1) is 5.41 Å². The van der Waals surface area contributed by atoms with Gasteiger partial charge in [-0.05, 0) is 32.1 Å². The molecule has 3 nitrogen and oxygen atoms in total. The van der Waals surface area contributed by atoms with Crippen LogP contribution < -0.4 is 5.32 Å². The summed E-state index contributed by atoms with van der Waals surface area (Å²) in [4.78, 5) is 4.25. The van der Waals surface area contributed by atoms with Gasteiger partial charge in [0.1, 0.15) is 0 Å². The predicted molar refractivity (Wildman–Crippen MR) is 66.4 cm³/mol. The normalized spacial score (nSPS) is 11.7. The Labute approximate surface area is 90.1 Å². The average molecular weight is 201 g/mol. The summed E-state index contributed by atoms with van der Waals surface area (Å²) in [6, 6.07) is 7.81. The Morgan fingerprint density at radius 3 is 2.80 bits per heavy atom. The van der Waals surface area contributed by atoms with Crippen LogP contribution >= 0.6 is 0 Å². The number of aliphatic imine (C=N–C) groups is 1. The van der Waals surface area contributed by atoms with E-state index < -0.39 is 0 Å². The molecule has 78 valence electrons. The summed E-state index contributed by atoms with van der Waals surface area (Å²) in [5.41, 5.74) is 2.77. The van der Waals surface area contributed by atoms with Gasteiger partial charge in [-0.3, -0.25) is 4.99 Å². The van der Waals surface area contributed by atoms with Gasteiger partial charge in [0.25, 0.3) is 0 Å². The molecule has 1 aromatic carbocycles. The molecule has 3 heteroatoms. The minimum Gasteiger partial charge on any atom is -0.357 e. The zero-order valence-corrected chi connectivity index (χ0v) is 8.99. The van der Waals surface area contributed by atoms with Crippen molar-refractivity contribution in [3.8, 4) is 0 Å². The Bertz CT molecular complexity index is 392. The number of para-hydroxylation sites is 2. The molecule has 0 atom stereocenters. The van der Waals surface area contributed by atoms with Gasteiger partial charge >= 0.3 is 0 Å². The van der Waals surface area contributed by atoms with Crippen molar-refractivity contribution in [2.75, 3.05) is 5.32 Å². The average Bonchev–Trinajstić information content (AvgIpc) is 2.21. The van der Waals surface area contributed by atoms with Crippen molar-refractivity contribution in [1.82, 2.24) is 0 Å². The summed E-state index contributed by atoms with van der Waals surface area (Å²) in [5.74, 6) is 0. The molecule has 0 amide bonds.